The molecule has 0 bridgehead atoms. The molecule has 8 nitrogen and oxygen atoms in total. The van der Waals surface area contributed by atoms with E-state index in [4.69, 9.17) is 9.47 Å². The van der Waals surface area contributed by atoms with Crippen LogP contribution in [0.1, 0.15) is 26.3 Å². The van der Waals surface area contributed by atoms with Crippen molar-refractivity contribution < 1.29 is 27.5 Å². The van der Waals surface area contributed by atoms with Gasteiger partial charge in [-0.1, -0.05) is 19.1 Å². The summed E-state index contributed by atoms with van der Waals surface area (Å²) in [5.74, 6) is -0.208. The van der Waals surface area contributed by atoms with Crippen LogP contribution >= 0.6 is 0 Å². The first-order valence-corrected chi connectivity index (χ1v) is 11.5. The molecule has 2 aromatic carbocycles. The van der Waals surface area contributed by atoms with Crippen molar-refractivity contribution in [2.75, 3.05) is 31.6 Å². The molecule has 0 radical (unpaired) electrons. The van der Waals surface area contributed by atoms with Crippen LogP contribution in [0.4, 0.5) is 5.69 Å². The maximum Gasteiger partial charge on any atom is 0.310 e. The first kappa shape index (κ1) is 24.4. The second-order valence-electron chi connectivity index (χ2n) is 6.56. The highest BCUT2D eigenvalue weighted by Crippen LogP contribution is 2.20. The molecule has 0 fully saturated rings. The lowest BCUT2D eigenvalue weighted by atomic mass is 10.1. The lowest BCUT2D eigenvalue weighted by molar-refractivity contribution is -0.142. The number of benzene rings is 2. The quantitative estimate of drug-likeness (QED) is 0.531. The zero-order valence-corrected chi connectivity index (χ0v) is 18.8. The van der Waals surface area contributed by atoms with Crippen LogP contribution in [-0.4, -0.2) is 50.9 Å². The summed E-state index contributed by atoms with van der Waals surface area (Å²) in [5, 5.41) is 2.68. The number of ether oxygens (including phenoxy) is 2. The molecule has 0 aliphatic carbocycles. The predicted molar refractivity (Wildman–Crippen MR) is 117 cm³/mol. The van der Waals surface area contributed by atoms with Gasteiger partial charge >= 0.3 is 5.97 Å². The van der Waals surface area contributed by atoms with Gasteiger partial charge in [0.05, 0.1) is 31.1 Å². The number of anilines is 1. The number of carbonyl (C=O) groups is 2. The third-order valence-electron chi connectivity index (χ3n) is 4.34. The van der Waals surface area contributed by atoms with E-state index in [0.29, 0.717) is 24.7 Å². The van der Waals surface area contributed by atoms with Gasteiger partial charge in [0, 0.05) is 12.2 Å². The van der Waals surface area contributed by atoms with Gasteiger partial charge in [-0.15, -0.1) is 0 Å². The first-order valence-electron chi connectivity index (χ1n) is 10.1. The summed E-state index contributed by atoms with van der Waals surface area (Å²) in [6, 6.07) is 12.8. The van der Waals surface area contributed by atoms with Gasteiger partial charge in [-0.05, 0) is 55.8 Å². The molecule has 168 valence electrons. The second kappa shape index (κ2) is 11.5. The van der Waals surface area contributed by atoms with Crippen molar-refractivity contribution in [1.29, 1.82) is 0 Å². The van der Waals surface area contributed by atoms with Crippen LogP contribution in [0.2, 0.25) is 0 Å². The molecule has 0 aliphatic rings. The summed E-state index contributed by atoms with van der Waals surface area (Å²) in [6.07, 6.45) is 0.145. The normalized spacial score (nSPS) is 11.2. The molecular weight excluding hydrogens is 420 g/mol. The molecule has 2 rings (SSSR count). The van der Waals surface area contributed by atoms with E-state index in [-0.39, 0.29) is 30.4 Å². The van der Waals surface area contributed by atoms with Gasteiger partial charge in [0.1, 0.15) is 5.75 Å². The van der Waals surface area contributed by atoms with Crippen LogP contribution in [0, 0.1) is 0 Å². The number of nitrogens with zero attached hydrogens (tertiary/aromatic N) is 1. The average molecular weight is 449 g/mol. The number of amides is 1. The SMILES string of the molecule is CCOC(=O)Cc1ccc(NC(=O)CN(CC)S(=O)(=O)c2ccc(OCC)cc2)cc1. The number of carbonyl (C=O) groups excluding carboxylic acids is 2. The van der Waals surface area contributed by atoms with Gasteiger partial charge in [0.2, 0.25) is 15.9 Å². The predicted octanol–water partition coefficient (Wildman–Crippen LogP) is 2.84. The number of sulfonamides is 1. The Kier molecular flexibility index (Phi) is 9.02. The summed E-state index contributed by atoms with van der Waals surface area (Å²) in [4.78, 5) is 24.1. The lowest BCUT2D eigenvalue weighted by Gasteiger charge is -2.20. The fourth-order valence-electron chi connectivity index (χ4n) is 2.84. The van der Waals surface area contributed by atoms with Crippen LogP contribution in [0.5, 0.6) is 5.75 Å². The minimum Gasteiger partial charge on any atom is -0.494 e. The fourth-order valence-corrected chi connectivity index (χ4v) is 4.24. The third-order valence-corrected chi connectivity index (χ3v) is 6.27. The number of rotatable bonds is 11. The summed E-state index contributed by atoms with van der Waals surface area (Å²) in [6.45, 7) is 5.88. The summed E-state index contributed by atoms with van der Waals surface area (Å²) < 4.78 is 37.1. The van der Waals surface area contributed by atoms with Crippen molar-refractivity contribution in [1.82, 2.24) is 4.31 Å². The molecule has 0 unspecified atom stereocenters. The van der Waals surface area contributed by atoms with Crippen LogP contribution in [0.15, 0.2) is 53.4 Å². The second-order valence-corrected chi connectivity index (χ2v) is 8.50. The summed E-state index contributed by atoms with van der Waals surface area (Å²) in [5.41, 5.74) is 1.26. The molecule has 31 heavy (non-hydrogen) atoms. The van der Waals surface area contributed by atoms with Gasteiger partial charge in [-0.2, -0.15) is 4.31 Å². The highest BCUT2D eigenvalue weighted by atomic mass is 32.2. The smallest absolute Gasteiger partial charge is 0.310 e. The van der Waals surface area contributed by atoms with Crippen molar-refractivity contribution >= 4 is 27.6 Å². The Labute approximate surface area is 183 Å². The Morgan fingerprint density at radius 2 is 1.58 bits per heavy atom. The molecule has 0 saturated heterocycles. The average Bonchev–Trinajstić information content (AvgIpc) is 2.74. The van der Waals surface area contributed by atoms with Gasteiger partial charge in [-0.3, -0.25) is 9.59 Å². The molecule has 0 spiro atoms. The minimum atomic E-state index is -3.83. The first-order chi connectivity index (χ1) is 14.8. The Bertz CT molecular complexity index is 972. The molecule has 1 amide bonds. The minimum absolute atomic E-state index is 0.0916. The van der Waals surface area contributed by atoms with Gasteiger partial charge in [-0.25, -0.2) is 8.42 Å². The highest BCUT2D eigenvalue weighted by Gasteiger charge is 2.25. The highest BCUT2D eigenvalue weighted by molar-refractivity contribution is 7.89. The number of hydrogen-bond acceptors (Lipinski definition) is 6. The van der Waals surface area contributed by atoms with E-state index < -0.39 is 15.9 Å². The van der Waals surface area contributed by atoms with Crippen LogP contribution < -0.4 is 10.1 Å². The molecule has 1 N–H and O–H groups in total. The standard InChI is InChI=1S/C22H28N2O6S/c1-4-24(31(27,28)20-13-11-19(12-14-20)29-5-2)16-21(25)23-18-9-7-17(8-10-18)15-22(26)30-6-3/h7-14H,4-6,15-16H2,1-3H3,(H,23,25). The van der Waals surface area contributed by atoms with Gasteiger partial charge < -0.3 is 14.8 Å². The van der Waals surface area contributed by atoms with Crippen LogP contribution in [0.3, 0.4) is 0 Å². The summed E-state index contributed by atoms with van der Waals surface area (Å²) in [7, 11) is -3.83. The van der Waals surface area contributed by atoms with Crippen LogP contribution in [0.25, 0.3) is 0 Å². The molecule has 9 heteroatoms. The van der Waals surface area contributed by atoms with Crippen LogP contribution in [-0.2, 0) is 30.8 Å². The lowest BCUT2D eigenvalue weighted by Crippen LogP contribution is -2.37. The Hall–Kier alpha value is -2.91. The van der Waals surface area contributed by atoms with Crippen molar-refractivity contribution in [3.8, 4) is 5.75 Å². The van der Waals surface area contributed by atoms with Crippen molar-refractivity contribution in [2.45, 2.75) is 32.1 Å². The van der Waals surface area contributed by atoms with E-state index >= 15 is 0 Å². The van der Waals surface area contributed by atoms with E-state index in [0.717, 1.165) is 9.87 Å². The largest absolute Gasteiger partial charge is 0.494 e. The van der Waals surface area contributed by atoms with Crippen molar-refractivity contribution in [3.63, 3.8) is 0 Å². The zero-order chi connectivity index (χ0) is 22.9. The fraction of sp³-hybridized carbons (Fsp3) is 0.364. The maximum atomic E-state index is 12.9. The van der Waals surface area contributed by atoms with Gasteiger partial charge in [0.25, 0.3) is 0 Å². The number of nitrogens with one attached hydrogen (secondary N) is 1. The van der Waals surface area contributed by atoms with E-state index in [9.17, 15) is 18.0 Å². The summed E-state index contributed by atoms with van der Waals surface area (Å²) >= 11 is 0. The van der Waals surface area contributed by atoms with E-state index in [1.807, 2.05) is 6.92 Å². The van der Waals surface area contributed by atoms with Crippen molar-refractivity contribution in [3.05, 3.63) is 54.1 Å². The molecule has 2 aromatic rings. The molecule has 0 atom stereocenters. The topological polar surface area (TPSA) is 102 Å². The number of hydrogen-bond donors (Lipinski definition) is 1. The van der Waals surface area contributed by atoms with E-state index in [2.05, 4.69) is 5.32 Å². The number of likely N-dealkylation sites (N-methyl/N-ethyl adjacent to an activating group) is 1. The van der Waals surface area contributed by atoms with Crippen molar-refractivity contribution in [2.24, 2.45) is 0 Å². The molecule has 0 saturated carbocycles. The third kappa shape index (κ3) is 7.08. The zero-order valence-electron chi connectivity index (χ0n) is 18.0. The molecule has 0 aromatic heterocycles. The molecule has 0 heterocycles. The maximum absolute atomic E-state index is 12.9. The monoisotopic (exact) mass is 448 g/mol. The Balaban J connectivity index is 2.01. The Morgan fingerprint density at radius 1 is 0.935 bits per heavy atom. The van der Waals surface area contributed by atoms with E-state index in [1.165, 1.54) is 12.1 Å². The molecule has 0 aliphatic heterocycles. The van der Waals surface area contributed by atoms with Gasteiger partial charge in [0.15, 0.2) is 0 Å². The number of esters is 1. The molecular formula is C22H28N2O6S. The van der Waals surface area contributed by atoms with E-state index in [1.54, 1.807) is 50.2 Å². The Morgan fingerprint density at radius 3 is 2.13 bits per heavy atom.